The highest BCUT2D eigenvalue weighted by Gasteiger charge is 2.01. The minimum Gasteiger partial charge on any atom is -0.330 e. The van der Waals surface area contributed by atoms with Crippen molar-refractivity contribution >= 4 is 11.3 Å². The largest absolute Gasteiger partial charge is 0.330 e. The van der Waals surface area contributed by atoms with E-state index >= 15 is 0 Å². The molecule has 0 spiro atoms. The summed E-state index contributed by atoms with van der Waals surface area (Å²) < 4.78 is 2.12. The van der Waals surface area contributed by atoms with Gasteiger partial charge in [-0.15, -0.1) is 11.3 Å². The molecule has 0 saturated carbocycles. The molecule has 2 rings (SSSR count). The van der Waals surface area contributed by atoms with Crippen LogP contribution in [0.4, 0.5) is 0 Å². The summed E-state index contributed by atoms with van der Waals surface area (Å²) in [5, 5.41) is 2.06. The van der Waals surface area contributed by atoms with Gasteiger partial charge in [0.05, 0.1) is 13.1 Å². The van der Waals surface area contributed by atoms with E-state index in [2.05, 4.69) is 32.8 Å². The van der Waals surface area contributed by atoms with Gasteiger partial charge in [0.15, 0.2) is 0 Å². The fraction of sp³-hybridized carbons (Fsp3) is 0.250. The van der Waals surface area contributed by atoms with Crippen LogP contribution in [0.2, 0.25) is 0 Å². The molecule has 0 aromatic carbocycles. The lowest BCUT2D eigenvalue weighted by Crippen LogP contribution is -1.98. The van der Waals surface area contributed by atoms with Gasteiger partial charge >= 0.3 is 0 Å². The number of nitrogens with zero attached hydrogens (tertiary/aromatic N) is 2. The molecule has 0 unspecified atom stereocenters. The maximum Gasteiger partial charge on any atom is 0.105 e. The monoisotopic (exact) mass is 231 g/mol. The minimum atomic E-state index is 0.409. The summed E-state index contributed by atoms with van der Waals surface area (Å²) >= 11 is 1.71. The third kappa shape index (κ3) is 2.51. The van der Waals surface area contributed by atoms with Crippen LogP contribution in [0.15, 0.2) is 23.8 Å². The number of thiophene rings is 1. The van der Waals surface area contributed by atoms with E-state index < -0.39 is 0 Å². The van der Waals surface area contributed by atoms with E-state index in [0.717, 1.165) is 17.9 Å². The van der Waals surface area contributed by atoms with Crippen molar-refractivity contribution in [3.63, 3.8) is 0 Å². The first-order valence-corrected chi connectivity index (χ1v) is 5.91. The zero-order chi connectivity index (χ0) is 11.4. The number of aryl methyl sites for hydroxylation is 1. The van der Waals surface area contributed by atoms with Crippen molar-refractivity contribution in [2.75, 3.05) is 6.54 Å². The molecule has 4 heteroatoms. The van der Waals surface area contributed by atoms with Gasteiger partial charge in [0.2, 0.25) is 0 Å². The number of imidazole rings is 1. The molecule has 2 aromatic rings. The van der Waals surface area contributed by atoms with Crippen molar-refractivity contribution in [1.82, 2.24) is 9.55 Å². The van der Waals surface area contributed by atoms with Crippen LogP contribution < -0.4 is 5.73 Å². The molecule has 82 valence electrons. The van der Waals surface area contributed by atoms with Gasteiger partial charge in [0.1, 0.15) is 5.82 Å². The predicted molar refractivity (Wildman–Crippen MR) is 66.3 cm³/mol. The van der Waals surface area contributed by atoms with Crippen molar-refractivity contribution in [3.8, 4) is 11.8 Å². The molecule has 0 saturated heterocycles. The van der Waals surface area contributed by atoms with E-state index in [-0.39, 0.29) is 0 Å². The zero-order valence-corrected chi connectivity index (χ0v) is 9.92. The molecular formula is C12H13N3S. The Morgan fingerprint density at radius 3 is 3.12 bits per heavy atom. The van der Waals surface area contributed by atoms with E-state index in [9.17, 15) is 0 Å². The van der Waals surface area contributed by atoms with Gasteiger partial charge in [-0.25, -0.2) is 4.98 Å². The zero-order valence-electron chi connectivity index (χ0n) is 9.10. The third-order valence-corrected chi connectivity index (χ3v) is 3.16. The fourth-order valence-electron chi connectivity index (χ4n) is 1.42. The lowest BCUT2D eigenvalue weighted by molar-refractivity contribution is 0.772. The van der Waals surface area contributed by atoms with Crippen LogP contribution in [0.3, 0.4) is 0 Å². The first kappa shape index (κ1) is 10.9. The first-order valence-electron chi connectivity index (χ1n) is 5.03. The molecule has 0 amide bonds. The standard InChI is InChI=1S/C12H13N3S/c1-10-14-5-6-15(10)8-12-7-11(9-16-12)3-2-4-13/h5-7,9H,4,8,13H2,1H3. The van der Waals surface area contributed by atoms with Crippen LogP contribution >= 0.6 is 11.3 Å². The van der Waals surface area contributed by atoms with Gasteiger partial charge in [-0.3, -0.25) is 0 Å². The summed E-state index contributed by atoms with van der Waals surface area (Å²) in [6.45, 7) is 3.27. The average Bonchev–Trinajstić information content (AvgIpc) is 2.87. The Bertz CT molecular complexity index is 528. The highest BCUT2D eigenvalue weighted by molar-refractivity contribution is 7.10. The molecule has 0 fully saturated rings. The number of hydrogen-bond donors (Lipinski definition) is 1. The maximum atomic E-state index is 5.33. The highest BCUT2D eigenvalue weighted by Crippen LogP contribution is 2.15. The second kappa shape index (κ2) is 4.97. The van der Waals surface area contributed by atoms with Gasteiger partial charge in [-0.05, 0) is 13.0 Å². The third-order valence-electron chi connectivity index (χ3n) is 2.24. The summed E-state index contributed by atoms with van der Waals surface area (Å²) in [5.74, 6) is 6.91. The smallest absolute Gasteiger partial charge is 0.105 e. The topological polar surface area (TPSA) is 43.8 Å². The van der Waals surface area contributed by atoms with Gasteiger partial charge in [0.25, 0.3) is 0 Å². The van der Waals surface area contributed by atoms with E-state index in [1.807, 2.05) is 19.3 Å². The summed E-state index contributed by atoms with van der Waals surface area (Å²) in [6.07, 6.45) is 3.80. The second-order valence-corrected chi connectivity index (χ2v) is 4.41. The van der Waals surface area contributed by atoms with Crippen LogP contribution in [-0.4, -0.2) is 16.1 Å². The number of nitrogens with two attached hydrogens (primary N) is 1. The van der Waals surface area contributed by atoms with Crippen molar-refractivity contribution in [1.29, 1.82) is 0 Å². The second-order valence-electron chi connectivity index (χ2n) is 3.41. The van der Waals surface area contributed by atoms with Crippen LogP contribution in [0.5, 0.6) is 0 Å². The molecule has 0 radical (unpaired) electrons. The highest BCUT2D eigenvalue weighted by atomic mass is 32.1. The number of rotatable bonds is 2. The lowest BCUT2D eigenvalue weighted by Gasteiger charge is -2.01. The van der Waals surface area contributed by atoms with Gasteiger partial charge in [-0.2, -0.15) is 0 Å². The Balaban J connectivity index is 2.11. The van der Waals surface area contributed by atoms with Gasteiger partial charge in [0, 0.05) is 28.2 Å². The molecule has 2 N–H and O–H groups in total. The van der Waals surface area contributed by atoms with Crippen molar-refractivity contribution in [3.05, 3.63) is 40.1 Å². The summed E-state index contributed by atoms with van der Waals surface area (Å²) in [5.41, 5.74) is 6.37. The summed E-state index contributed by atoms with van der Waals surface area (Å²) in [7, 11) is 0. The molecule has 0 aliphatic heterocycles. The molecule has 0 aliphatic rings. The van der Waals surface area contributed by atoms with Crippen molar-refractivity contribution in [2.45, 2.75) is 13.5 Å². The molecule has 16 heavy (non-hydrogen) atoms. The Kier molecular flexibility index (Phi) is 3.40. The number of aromatic nitrogens is 2. The van der Waals surface area contributed by atoms with Gasteiger partial charge in [-0.1, -0.05) is 11.8 Å². The Labute approximate surface area is 98.9 Å². The first-order chi connectivity index (χ1) is 7.79. The van der Waals surface area contributed by atoms with E-state index in [1.54, 1.807) is 11.3 Å². The van der Waals surface area contributed by atoms with Crippen LogP contribution in [0.25, 0.3) is 0 Å². The Morgan fingerprint density at radius 2 is 2.44 bits per heavy atom. The van der Waals surface area contributed by atoms with Crippen LogP contribution in [-0.2, 0) is 6.54 Å². The van der Waals surface area contributed by atoms with Crippen molar-refractivity contribution in [2.24, 2.45) is 5.73 Å². The normalized spacial score (nSPS) is 9.88. The Morgan fingerprint density at radius 1 is 1.56 bits per heavy atom. The molecule has 2 heterocycles. The van der Waals surface area contributed by atoms with E-state index in [0.29, 0.717) is 6.54 Å². The molecular weight excluding hydrogens is 218 g/mol. The van der Waals surface area contributed by atoms with Crippen LogP contribution in [0.1, 0.15) is 16.3 Å². The van der Waals surface area contributed by atoms with E-state index in [1.165, 1.54) is 4.88 Å². The van der Waals surface area contributed by atoms with Gasteiger partial charge < -0.3 is 10.3 Å². The Hall–Kier alpha value is -1.57. The molecule has 0 aliphatic carbocycles. The maximum absolute atomic E-state index is 5.33. The molecule has 0 bridgehead atoms. The minimum absolute atomic E-state index is 0.409. The van der Waals surface area contributed by atoms with Crippen molar-refractivity contribution < 1.29 is 0 Å². The average molecular weight is 231 g/mol. The van der Waals surface area contributed by atoms with E-state index in [4.69, 9.17) is 5.73 Å². The molecule has 3 nitrogen and oxygen atoms in total. The predicted octanol–water partition coefficient (Wildman–Crippen LogP) is 1.61. The quantitative estimate of drug-likeness (QED) is 0.798. The summed E-state index contributed by atoms with van der Waals surface area (Å²) in [4.78, 5) is 5.47. The SMILES string of the molecule is Cc1nccn1Cc1cc(C#CCN)cs1. The lowest BCUT2D eigenvalue weighted by atomic mass is 10.3. The number of hydrogen-bond acceptors (Lipinski definition) is 3. The van der Waals surface area contributed by atoms with Crippen LogP contribution in [0, 0.1) is 18.8 Å². The fourth-order valence-corrected chi connectivity index (χ4v) is 2.23. The molecule has 2 aromatic heterocycles. The molecule has 0 atom stereocenters. The summed E-state index contributed by atoms with van der Waals surface area (Å²) in [6, 6.07) is 2.10.